The van der Waals surface area contributed by atoms with E-state index in [2.05, 4.69) is 15.3 Å². The molecule has 2 heterocycles. The summed E-state index contributed by atoms with van der Waals surface area (Å²) in [4.78, 5) is 32.1. The molecule has 0 saturated heterocycles. The van der Waals surface area contributed by atoms with Crippen LogP contribution in [0.3, 0.4) is 0 Å². The molecule has 4 rings (SSSR count). The number of nitrogens with zero attached hydrogens (tertiary/aromatic N) is 2. The van der Waals surface area contributed by atoms with E-state index in [0.29, 0.717) is 23.7 Å². The first kappa shape index (κ1) is 20.6. The van der Waals surface area contributed by atoms with Gasteiger partial charge in [-0.25, -0.2) is 9.78 Å². The van der Waals surface area contributed by atoms with E-state index in [0.717, 1.165) is 22.0 Å². The molecule has 0 radical (unpaired) electrons. The molecule has 158 valence electrons. The number of H-pyrrole nitrogens is 1. The summed E-state index contributed by atoms with van der Waals surface area (Å²) in [6, 6.07) is 15.0. The summed E-state index contributed by atoms with van der Waals surface area (Å²) in [7, 11) is 0. The maximum Gasteiger partial charge on any atom is 0.330 e. The normalized spacial score (nSPS) is 10.8. The first-order valence-electron chi connectivity index (χ1n) is 9.89. The molecule has 0 atom stereocenters. The molecular formula is C23H22N4O3S. The third-order valence-corrected chi connectivity index (χ3v) is 5.63. The number of rotatable bonds is 7. The summed E-state index contributed by atoms with van der Waals surface area (Å²) in [6.07, 6.45) is 1.78. The molecule has 7 nitrogen and oxygen atoms in total. The number of hydrogen-bond acceptors (Lipinski definition) is 5. The average Bonchev–Trinajstić information content (AvgIpc) is 3.35. The van der Waals surface area contributed by atoms with Crippen molar-refractivity contribution < 1.29 is 9.53 Å². The minimum Gasteiger partial charge on any atom is -0.494 e. The number of amides is 1. The summed E-state index contributed by atoms with van der Waals surface area (Å²) < 4.78 is 7.00. The maximum atomic E-state index is 12.7. The van der Waals surface area contributed by atoms with Crippen molar-refractivity contribution in [2.24, 2.45) is 0 Å². The number of carbonyl (C=O) groups is 1. The lowest BCUT2D eigenvalue weighted by Crippen LogP contribution is -2.20. The van der Waals surface area contributed by atoms with Crippen molar-refractivity contribution in [1.82, 2.24) is 14.5 Å². The smallest absolute Gasteiger partial charge is 0.330 e. The fourth-order valence-electron chi connectivity index (χ4n) is 3.27. The predicted octanol–water partition coefficient (Wildman–Crippen LogP) is 4.18. The van der Waals surface area contributed by atoms with Crippen LogP contribution in [0.4, 0.5) is 5.69 Å². The van der Waals surface area contributed by atoms with Gasteiger partial charge in [-0.3, -0.25) is 9.36 Å². The van der Waals surface area contributed by atoms with Crippen LogP contribution in [0.2, 0.25) is 0 Å². The Hall–Kier alpha value is -3.65. The lowest BCUT2D eigenvalue weighted by atomic mass is 10.2. The van der Waals surface area contributed by atoms with Crippen molar-refractivity contribution in [3.8, 4) is 22.0 Å². The van der Waals surface area contributed by atoms with E-state index >= 15 is 0 Å². The summed E-state index contributed by atoms with van der Waals surface area (Å²) in [5.74, 6) is 0.620. The average molecular weight is 435 g/mol. The fourth-order valence-corrected chi connectivity index (χ4v) is 4.10. The van der Waals surface area contributed by atoms with Crippen molar-refractivity contribution in [2.75, 3.05) is 11.9 Å². The second-order valence-electron chi connectivity index (χ2n) is 6.91. The van der Waals surface area contributed by atoms with Gasteiger partial charge in [0.25, 0.3) is 0 Å². The molecule has 4 aromatic rings. The summed E-state index contributed by atoms with van der Waals surface area (Å²) in [6.45, 7) is 4.40. The SMILES string of the molecule is CCOc1ccc(-c2nc(CC(=O)Nc3ccccc3-n3c(C)c[nH]c3=O)cs2)cc1. The highest BCUT2D eigenvalue weighted by Gasteiger charge is 2.14. The molecule has 2 aromatic heterocycles. The highest BCUT2D eigenvalue weighted by atomic mass is 32.1. The van der Waals surface area contributed by atoms with Crippen molar-refractivity contribution >= 4 is 22.9 Å². The van der Waals surface area contributed by atoms with Gasteiger partial charge in [-0.05, 0) is 50.2 Å². The number of aromatic amines is 1. The lowest BCUT2D eigenvalue weighted by molar-refractivity contribution is -0.115. The van der Waals surface area contributed by atoms with Crippen LogP contribution in [0, 0.1) is 6.92 Å². The first-order chi connectivity index (χ1) is 15.0. The molecule has 31 heavy (non-hydrogen) atoms. The van der Waals surface area contributed by atoms with Gasteiger partial charge in [0.15, 0.2) is 0 Å². The largest absolute Gasteiger partial charge is 0.494 e. The van der Waals surface area contributed by atoms with Gasteiger partial charge in [-0.1, -0.05) is 12.1 Å². The van der Waals surface area contributed by atoms with Crippen LogP contribution < -0.4 is 15.7 Å². The Morgan fingerprint density at radius 3 is 2.68 bits per heavy atom. The molecule has 1 amide bonds. The van der Waals surface area contributed by atoms with Crippen molar-refractivity contribution in [1.29, 1.82) is 0 Å². The number of carbonyl (C=O) groups excluding carboxylic acids is 1. The molecule has 0 unspecified atom stereocenters. The van der Waals surface area contributed by atoms with E-state index in [9.17, 15) is 9.59 Å². The number of anilines is 1. The zero-order chi connectivity index (χ0) is 21.8. The highest BCUT2D eigenvalue weighted by Crippen LogP contribution is 2.26. The third kappa shape index (κ3) is 4.59. The lowest BCUT2D eigenvalue weighted by Gasteiger charge is -2.12. The van der Waals surface area contributed by atoms with Crippen LogP contribution in [0.25, 0.3) is 16.3 Å². The van der Waals surface area contributed by atoms with Crippen LogP contribution >= 0.6 is 11.3 Å². The zero-order valence-corrected chi connectivity index (χ0v) is 18.0. The molecule has 0 spiro atoms. The number of ether oxygens (including phenoxy) is 1. The number of aryl methyl sites for hydroxylation is 1. The quantitative estimate of drug-likeness (QED) is 0.457. The maximum absolute atomic E-state index is 12.7. The number of benzene rings is 2. The molecule has 0 saturated carbocycles. The Labute approximate surface area is 183 Å². The zero-order valence-electron chi connectivity index (χ0n) is 17.2. The number of hydrogen-bond donors (Lipinski definition) is 2. The minimum absolute atomic E-state index is 0.142. The van der Waals surface area contributed by atoms with Crippen molar-refractivity contribution in [3.63, 3.8) is 0 Å². The van der Waals surface area contributed by atoms with Crippen LogP contribution in [-0.4, -0.2) is 27.0 Å². The Balaban J connectivity index is 1.48. The summed E-state index contributed by atoms with van der Waals surface area (Å²) in [5.41, 5.74) is 3.36. The number of imidazole rings is 1. The fraction of sp³-hybridized carbons (Fsp3) is 0.174. The molecule has 2 aromatic carbocycles. The molecule has 0 aliphatic rings. The van der Waals surface area contributed by atoms with Gasteiger partial charge in [0.05, 0.1) is 30.1 Å². The van der Waals surface area contributed by atoms with Gasteiger partial charge < -0.3 is 15.0 Å². The van der Waals surface area contributed by atoms with E-state index in [1.165, 1.54) is 15.9 Å². The number of nitrogens with one attached hydrogen (secondary N) is 2. The van der Waals surface area contributed by atoms with Gasteiger partial charge in [-0.2, -0.15) is 0 Å². The van der Waals surface area contributed by atoms with Gasteiger partial charge in [0.1, 0.15) is 10.8 Å². The van der Waals surface area contributed by atoms with Crippen LogP contribution in [-0.2, 0) is 11.2 Å². The summed E-state index contributed by atoms with van der Waals surface area (Å²) in [5, 5.41) is 5.64. The first-order valence-corrected chi connectivity index (χ1v) is 10.8. The Bertz CT molecular complexity index is 1250. The molecule has 2 N–H and O–H groups in total. The molecular weight excluding hydrogens is 412 g/mol. The van der Waals surface area contributed by atoms with Crippen molar-refractivity contribution in [2.45, 2.75) is 20.3 Å². The Kier molecular flexibility index (Phi) is 5.99. The predicted molar refractivity (Wildman–Crippen MR) is 122 cm³/mol. The molecule has 0 aliphatic carbocycles. The number of para-hydroxylation sites is 2. The van der Waals surface area contributed by atoms with Gasteiger partial charge in [0, 0.05) is 22.8 Å². The monoisotopic (exact) mass is 434 g/mol. The van der Waals surface area contributed by atoms with E-state index in [1.54, 1.807) is 18.3 Å². The Morgan fingerprint density at radius 2 is 1.97 bits per heavy atom. The van der Waals surface area contributed by atoms with E-state index < -0.39 is 0 Å². The van der Waals surface area contributed by atoms with E-state index in [4.69, 9.17) is 4.74 Å². The molecule has 0 bridgehead atoms. The van der Waals surface area contributed by atoms with Crippen LogP contribution in [0.5, 0.6) is 5.75 Å². The minimum atomic E-state index is -0.251. The van der Waals surface area contributed by atoms with Gasteiger partial charge in [0.2, 0.25) is 5.91 Å². The van der Waals surface area contributed by atoms with Gasteiger partial charge >= 0.3 is 5.69 Å². The number of aromatic nitrogens is 3. The van der Waals surface area contributed by atoms with Crippen molar-refractivity contribution in [3.05, 3.63) is 82.0 Å². The van der Waals surface area contributed by atoms with E-state index in [1.807, 2.05) is 55.6 Å². The second-order valence-corrected chi connectivity index (χ2v) is 7.77. The standard InChI is InChI=1S/C23H22N4O3S/c1-3-30-18-10-8-16(9-11-18)22-25-17(14-31-22)12-21(28)26-19-6-4-5-7-20(19)27-15(2)13-24-23(27)29/h4-11,13-14H,3,12H2,1-2H3,(H,24,29)(H,26,28). The summed E-state index contributed by atoms with van der Waals surface area (Å²) >= 11 is 1.49. The Morgan fingerprint density at radius 1 is 1.19 bits per heavy atom. The van der Waals surface area contributed by atoms with E-state index in [-0.39, 0.29) is 18.0 Å². The molecule has 0 aliphatic heterocycles. The second kappa shape index (κ2) is 9.01. The highest BCUT2D eigenvalue weighted by molar-refractivity contribution is 7.13. The van der Waals surface area contributed by atoms with Crippen LogP contribution in [0.1, 0.15) is 18.3 Å². The van der Waals surface area contributed by atoms with Crippen LogP contribution in [0.15, 0.2) is 64.9 Å². The molecule has 8 heteroatoms. The third-order valence-electron chi connectivity index (χ3n) is 4.69. The number of thiazole rings is 1. The topological polar surface area (TPSA) is 89.0 Å². The molecule has 0 fully saturated rings. The van der Waals surface area contributed by atoms with Gasteiger partial charge in [-0.15, -0.1) is 11.3 Å².